The van der Waals surface area contributed by atoms with E-state index in [4.69, 9.17) is 18.9 Å². The van der Waals surface area contributed by atoms with Gasteiger partial charge in [0.25, 0.3) is 0 Å². The molecule has 90 heavy (non-hydrogen) atoms. The first-order valence-electron chi connectivity index (χ1n) is 26.1. The molecule has 4 atom stereocenters. The van der Waals surface area contributed by atoms with Gasteiger partial charge in [-0.1, -0.05) is 60.2 Å². The van der Waals surface area contributed by atoms with E-state index in [2.05, 4.69) is 6.92 Å². The molecule has 2 aliphatic rings. The molecule has 0 N–H and O–H groups in total. The summed E-state index contributed by atoms with van der Waals surface area (Å²) < 4.78 is 286. The number of ether oxygens (including phenoxy) is 4. The summed E-state index contributed by atoms with van der Waals surface area (Å²) >= 11 is 0. The minimum atomic E-state index is -5.16. The van der Waals surface area contributed by atoms with Crippen LogP contribution in [0.3, 0.4) is 0 Å². The van der Waals surface area contributed by atoms with Crippen LogP contribution in [-0.4, -0.2) is 37.2 Å². The van der Waals surface area contributed by atoms with Crippen LogP contribution < -0.4 is 9.47 Å². The van der Waals surface area contributed by atoms with Crippen molar-refractivity contribution >= 4 is 12.1 Å². The van der Waals surface area contributed by atoms with Gasteiger partial charge < -0.3 is 18.9 Å². The number of halogens is 20. The first kappa shape index (κ1) is 75.7. The number of alkyl halides is 18. The summed E-state index contributed by atoms with van der Waals surface area (Å²) in [6.45, 7) is 13.0. The van der Waals surface area contributed by atoms with Gasteiger partial charge in [0, 0.05) is 56.3 Å². The summed E-state index contributed by atoms with van der Waals surface area (Å²) in [5, 5.41) is 0. The molecule has 0 aliphatic carbocycles. The topological polar surface area (TPSA) is 74.3 Å². The van der Waals surface area contributed by atoms with E-state index in [1.165, 1.54) is 46.3 Å². The second-order valence-corrected chi connectivity index (χ2v) is 21.1. The Morgan fingerprint density at radius 2 is 0.867 bits per heavy atom. The van der Waals surface area contributed by atoms with Gasteiger partial charge in [-0.05, 0) is 118 Å². The number of carbonyl (C=O) groups excluding carboxylic acids is 2. The molecule has 1 amide bonds. The normalized spacial score (nSPS) is 17.2. The van der Waals surface area contributed by atoms with Crippen LogP contribution in [0.25, 0.3) is 22.3 Å². The maximum Gasteiger partial charge on any atom is 0.416 e. The number of methoxy groups -OCH3 is 2. The van der Waals surface area contributed by atoms with Crippen LogP contribution >= 0.6 is 0 Å². The van der Waals surface area contributed by atoms with Gasteiger partial charge in [0.05, 0.1) is 61.0 Å². The van der Waals surface area contributed by atoms with Gasteiger partial charge >= 0.3 is 49.1 Å². The third-order valence-corrected chi connectivity index (χ3v) is 14.2. The van der Waals surface area contributed by atoms with Crippen molar-refractivity contribution < 1.29 is 149 Å². The van der Waals surface area contributed by atoms with E-state index in [1.54, 1.807) is 19.9 Å². The molecule has 6 aromatic rings. The van der Waals surface area contributed by atoms with Crippen LogP contribution in [0.2, 0.25) is 0 Å². The van der Waals surface area contributed by atoms with Crippen molar-refractivity contribution in [3.63, 3.8) is 0 Å². The Balaban J connectivity index is 0.000000316. The number of carbonyl (C=O) groups is 2. The third-order valence-electron chi connectivity index (χ3n) is 14.2. The molecule has 0 unspecified atom stereocenters. The fraction of sp³-hybridized carbons (Fsp3) is 0.371. The number of benzene rings is 6. The van der Waals surface area contributed by atoms with Gasteiger partial charge in [-0.15, -0.1) is 11.6 Å². The van der Waals surface area contributed by atoms with E-state index < -0.39 is 130 Å². The van der Waals surface area contributed by atoms with Gasteiger partial charge in [0.15, 0.2) is 0 Å². The zero-order valence-electron chi connectivity index (χ0n) is 47.9. The van der Waals surface area contributed by atoms with Crippen LogP contribution in [0, 0.1) is 24.5 Å². The predicted octanol–water partition coefficient (Wildman–Crippen LogP) is 20.6. The van der Waals surface area contributed by atoms with Crippen molar-refractivity contribution in [3.8, 4) is 33.8 Å². The second-order valence-electron chi connectivity index (χ2n) is 21.1. The van der Waals surface area contributed by atoms with Crippen molar-refractivity contribution in [2.45, 2.75) is 129 Å². The summed E-state index contributed by atoms with van der Waals surface area (Å²) in [7, 11) is 2.62. The maximum atomic E-state index is 14.7. The van der Waals surface area contributed by atoms with E-state index in [1.807, 2.05) is 13.8 Å². The smallest absolute Gasteiger partial charge is 0.416 e. The maximum absolute atomic E-state index is 14.7. The number of amides is 1. The summed E-state index contributed by atoms with van der Waals surface area (Å²) in [5.74, 6) is -2.31. The molecule has 0 spiro atoms. The van der Waals surface area contributed by atoms with Gasteiger partial charge in [-0.2, -0.15) is 97.6 Å². The molecule has 2 saturated heterocycles. The molecule has 2 fully saturated rings. The average Bonchev–Trinajstić information content (AvgIpc) is 1.44. The van der Waals surface area contributed by atoms with Crippen LogP contribution in [0.1, 0.15) is 146 Å². The third kappa shape index (κ3) is 17.8. The Hall–Kier alpha value is -6.77. The van der Waals surface area contributed by atoms with Crippen LogP contribution in [-0.2, 0) is 90.6 Å². The minimum absolute atomic E-state index is 0. The molecule has 489 valence electrons. The molecule has 6 aromatic carbocycles. The first-order chi connectivity index (χ1) is 40.3. The Morgan fingerprint density at radius 1 is 0.500 bits per heavy atom. The summed E-state index contributed by atoms with van der Waals surface area (Å²) in [6, 6.07) is 12.1. The number of hydrogen-bond donors (Lipinski definition) is 0. The van der Waals surface area contributed by atoms with Crippen molar-refractivity contribution in [2.24, 2.45) is 5.92 Å². The predicted molar refractivity (Wildman–Crippen MR) is 286 cm³/mol. The van der Waals surface area contributed by atoms with Crippen molar-refractivity contribution in [1.82, 2.24) is 4.90 Å². The zero-order valence-corrected chi connectivity index (χ0v) is 50.7. The van der Waals surface area contributed by atoms with E-state index in [0.717, 1.165) is 41.3 Å². The average molecular weight is 1380 g/mol. The Morgan fingerprint density at radius 3 is 1.21 bits per heavy atom. The molecule has 2 aliphatic heterocycles. The number of rotatable bonds is 10. The first-order valence-corrected chi connectivity index (χ1v) is 26.1. The fourth-order valence-electron chi connectivity index (χ4n) is 9.69. The van der Waals surface area contributed by atoms with E-state index in [9.17, 15) is 97.4 Å². The van der Waals surface area contributed by atoms with Crippen molar-refractivity contribution in [1.29, 1.82) is 0 Å². The molecule has 2 heterocycles. The molecular weight excluding hydrogens is 1320 g/mol. The summed E-state index contributed by atoms with van der Waals surface area (Å²) in [5.41, 5.74) is -6.68. The Labute approximate surface area is 528 Å². The molecule has 8 rings (SSSR count). The molecule has 28 heteroatoms. The molecule has 0 saturated carbocycles. The van der Waals surface area contributed by atoms with Crippen LogP contribution in [0.4, 0.5) is 92.6 Å². The van der Waals surface area contributed by atoms with Crippen molar-refractivity contribution in [2.75, 3.05) is 14.2 Å². The zero-order chi connectivity index (χ0) is 66.3. The number of nitrogens with zero attached hydrogens (tertiary/aromatic N) is 1. The SMILES string of the molecule is C.COc1cc(F)c(C(C)C)cc1-c1ccc(C(F)(F)F)cc1CN1C(=O)O[C@H](c2cc(C(F)(F)F)cc(C(F)(F)F)c2)[C@@H]1C.C[C@@H]1CC(=O)O[C@@H]1c1cc(C(F)(F)F)cc(C(F)(F)F)c1.[CH2-]c1cc(C(F)(F)F)ccc1-c1cc(C(C)C)c(F)cc1OC.[Y]. The number of cyclic esters (lactones) is 2. The second kappa shape index (κ2) is 28.4. The Bertz CT molecular complexity index is 3470. The van der Waals surface area contributed by atoms with Gasteiger partial charge in [0.2, 0.25) is 0 Å². The van der Waals surface area contributed by atoms with E-state index in [0.29, 0.717) is 41.0 Å². The summed E-state index contributed by atoms with van der Waals surface area (Å²) in [4.78, 5) is 25.0. The monoisotopic (exact) mass is 1380 g/mol. The minimum Gasteiger partial charge on any atom is -0.497 e. The van der Waals surface area contributed by atoms with Crippen LogP contribution in [0.5, 0.6) is 11.5 Å². The van der Waals surface area contributed by atoms with Crippen molar-refractivity contribution in [3.05, 3.63) is 182 Å². The van der Waals surface area contributed by atoms with Crippen LogP contribution in [0.15, 0.2) is 97.1 Å². The molecule has 1 radical (unpaired) electrons. The van der Waals surface area contributed by atoms with Gasteiger partial charge in [0.1, 0.15) is 35.3 Å². The molecular formula is C62H56F20NO6Y-. The summed E-state index contributed by atoms with van der Waals surface area (Å²) in [6.07, 6.45) is -33.3. The number of esters is 1. The fourth-order valence-corrected chi connectivity index (χ4v) is 9.69. The van der Waals surface area contributed by atoms with Gasteiger partial charge in [-0.25, -0.2) is 13.6 Å². The van der Waals surface area contributed by atoms with Gasteiger partial charge in [-0.3, -0.25) is 9.69 Å². The molecule has 7 nitrogen and oxygen atoms in total. The van der Waals surface area contributed by atoms with E-state index in [-0.39, 0.29) is 115 Å². The Kier molecular flexibility index (Phi) is 23.9. The molecule has 0 aromatic heterocycles. The number of hydrogen-bond acceptors (Lipinski definition) is 6. The van der Waals surface area contributed by atoms with E-state index >= 15 is 0 Å². The molecule has 0 bridgehead atoms. The quantitative estimate of drug-likeness (QED) is 0.0773. The largest absolute Gasteiger partial charge is 0.497 e. The standard InChI is InChI=1S/C30H25F10NO3.C18H17F4O.C13H10F6O2.CH4.Y/c1-14(2)22-11-23(25(43-4)12-24(22)31)21-6-5-18(28(32,33)34)9-17(21)13-41-15(3)26(44-27(41)42)16-7-19(29(35,36)37)10-20(8-16)30(38,39)40;1-10(2)14-8-15(17(23-4)9-16(14)19)13-6-5-12(7-11(13)3)18(20,21)22;1-6-2-10(20)21-11(6)7-3-8(12(14,15)16)5-9(4-7)13(17,18)19;;/h5-12,14-15,26H,13H2,1-4H3;5-10H,3H2,1-2,4H3;3-6,11H,2H2,1H3;1H4;/q;-1;;;/t15-,26-;;6-,11+;;/m0.1../s1.